The van der Waals surface area contributed by atoms with Crippen LogP contribution in [-0.4, -0.2) is 28.2 Å². The molecular formula is C17H23FN4O. The molecule has 124 valence electrons. The van der Waals surface area contributed by atoms with Crippen LogP contribution in [0.4, 0.5) is 9.18 Å². The summed E-state index contributed by atoms with van der Waals surface area (Å²) in [6.45, 7) is 6.71. The summed E-state index contributed by atoms with van der Waals surface area (Å²) in [5.41, 5.74) is 0.0998. The first-order valence-corrected chi connectivity index (χ1v) is 7.63. The van der Waals surface area contributed by atoms with Crippen molar-refractivity contribution in [2.75, 3.05) is 6.54 Å². The minimum Gasteiger partial charge on any atom is -0.337 e. The predicted octanol–water partition coefficient (Wildman–Crippen LogP) is 2.69. The van der Waals surface area contributed by atoms with Gasteiger partial charge in [0.15, 0.2) is 0 Å². The number of carbonyl (C=O) groups is 1. The summed E-state index contributed by atoms with van der Waals surface area (Å²) >= 11 is 0. The van der Waals surface area contributed by atoms with Crippen molar-refractivity contribution in [3.05, 3.63) is 54.4 Å². The van der Waals surface area contributed by atoms with Crippen LogP contribution >= 0.6 is 0 Å². The van der Waals surface area contributed by atoms with Gasteiger partial charge >= 0.3 is 6.03 Å². The number of aromatic nitrogens is 2. The van der Waals surface area contributed by atoms with Gasteiger partial charge in [-0.1, -0.05) is 32.0 Å². The predicted molar refractivity (Wildman–Crippen MR) is 87.6 cm³/mol. The molecule has 0 spiro atoms. The number of nitrogens with one attached hydrogen (secondary N) is 2. The molecule has 6 heteroatoms. The topological polar surface area (TPSA) is 59.0 Å². The highest BCUT2D eigenvalue weighted by molar-refractivity contribution is 5.74. The number of benzene rings is 1. The van der Waals surface area contributed by atoms with Gasteiger partial charge < -0.3 is 15.2 Å². The Morgan fingerprint density at radius 2 is 2.13 bits per heavy atom. The molecule has 0 aliphatic rings. The van der Waals surface area contributed by atoms with E-state index in [4.69, 9.17) is 0 Å². The van der Waals surface area contributed by atoms with Crippen LogP contribution in [0.3, 0.4) is 0 Å². The number of imidazole rings is 1. The Kier molecular flexibility index (Phi) is 5.36. The first kappa shape index (κ1) is 17.0. The molecule has 0 saturated heterocycles. The van der Waals surface area contributed by atoms with Gasteiger partial charge in [0.05, 0.1) is 6.33 Å². The largest absolute Gasteiger partial charge is 0.337 e. The van der Waals surface area contributed by atoms with Gasteiger partial charge in [-0.25, -0.2) is 14.2 Å². The van der Waals surface area contributed by atoms with Crippen LogP contribution in [-0.2, 0) is 12.0 Å². The lowest BCUT2D eigenvalue weighted by molar-refractivity contribution is 0.234. The van der Waals surface area contributed by atoms with E-state index in [2.05, 4.69) is 15.6 Å². The van der Waals surface area contributed by atoms with Gasteiger partial charge in [-0.05, 0) is 18.6 Å². The molecule has 2 amide bonds. The van der Waals surface area contributed by atoms with Gasteiger partial charge in [0.1, 0.15) is 5.82 Å². The molecule has 1 aromatic heterocycles. The summed E-state index contributed by atoms with van der Waals surface area (Å²) in [5, 5.41) is 5.68. The van der Waals surface area contributed by atoms with E-state index in [1.165, 1.54) is 6.07 Å². The Labute approximate surface area is 135 Å². The van der Waals surface area contributed by atoms with Crippen molar-refractivity contribution in [1.29, 1.82) is 0 Å². The summed E-state index contributed by atoms with van der Waals surface area (Å²) in [5.74, 6) is -0.256. The fraction of sp³-hybridized carbons (Fsp3) is 0.412. The van der Waals surface area contributed by atoms with Crippen molar-refractivity contribution >= 4 is 6.03 Å². The van der Waals surface area contributed by atoms with E-state index in [1.807, 2.05) is 31.5 Å². The van der Waals surface area contributed by atoms with Crippen LogP contribution in [0.25, 0.3) is 0 Å². The number of carbonyl (C=O) groups excluding carboxylic acids is 1. The summed E-state index contributed by atoms with van der Waals surface area (Å²) in [6, 6.07) is 6.34. The number of hydrogen-bond acceptors (Lipinski definition) is 2. The molecule has 0 aliphatic carbocycles. The number of rotatable bonds is 6. The van der Waals surface area contributed by atoms with Crippen molar-refractivity contribution in [2.45, 2.75) is 38.8 Å². The third kappa shape index (κ3) is 4.81. The van der Waals surface area contributed by atoms with Gasteiger partial charge in [-0.3, -0.25) is 0 Å². The molecule has 0 radical (unpaired) electrons. The highest BCUT2D eigenvalue weighted by Crippen LogP contribution is 2.24. The number of amides is 2. The molecule has 0 fully saturated rings. The van der Waals surface area contributed by atoms with Gasteiger partial charge in [-0.2, -0.15) is 0 Å². The third-order valence-corrected chi connectivity index (χ3v) is 3.72. The van der Waals surface area contributed by atoms with E-state index in [9.17, 15) is 9.18 Å². The van der Waals surface area contributed by atoms with E-state index in [0.717, 1.165) is 0 Å². The third-order valence-electron chi connectivity index (χ3n) is 3.72. The smallest absolute Gasteiger partial charge is 0.315 e. The number of halogens is 1. The Hall–Kier alpha value is -2.37. The van der Waals surface area contributed by atoms with Crippen molar-refractivity contribution < 1.29 is 9.18 Å². The molecule has 2 rings (SSSR count). The summed E-state index contributed by atoms with van der Waals surface area (Å²) < 4.78 is 15.8. The zero-order valence-corrected chi connectivity index (χ0v) is 13.7. The van der Waals surface area contributed by atoms with Crippen LogP contribution in [0, 0.1) is 5.82 Å². The summed E-state index contributed by atoms with van der Waals surface area (Å²) in [7, 11) is 0. The summed E-state index contributed by atoms with van der Waals surface area (Å²) in [6.07, 6.45) is 5.25. The lowest BCUT2D eigenvalue weighted by atomic mass is 9.84. The molecule has 0 saturated carbocycles. The Balaban J connectivity index is 1.85. The van der Waals surface area contributed by atoms with Gasteiger partial charge in [0, 0.05) is 36.9 Å². The highest BCUT2D eigenvalue weighted by Gasteiger charge is 2.24. The number of hydrogen-bond donors (Lipinski definition) is 2. The molecule has 5 nitrogen and oxygen atoms in total. The summed E-state index contributed by atoms with van der Waals surface area (Å²) in [4.78, 5) is 16.0. The maximum absolute atomic E-state index is 13.9. The SMILES string of the molecule is C[C@H](Cn1ccnc1)NC(=O)NCC(C)(C)c1ccccc1F. The second kappa shape index (κ2) is 7.26. The minimum absolute atomic E-state index is 0.0410. The van der Waals surface area contributed by atoms with E-state index < -0.39 is 5.41 Å². The second-order valence-electron chi connectivity index (χ2n) is 6.35. The molecule has 1 heterocycles. The quantitative estimate of drug-likeness (QED) is 0.860. The van der Waals surface area contributed by atoms with Gasteiger partial charge in [0.25, 0.3) is 0 Å². The van der Waals surface area contributed by atoms with Crippen molar-refractivity contribution in [1.82, 2.24) is 20.2 Å². The first-order valence-electron chi connectivity index (χ1n) is 7.63. The van der Waals surface area contributed by atoms with E-state index in [-0.39, 0.29) is 17.9 Å². The van der Waals surface area contributed by atoms with E-state index in [0.29, 0.717) is 18.7 Å². The fourth-order valence-electron chi connectivity index (χ4n) is 2.44. The fourth-order valence-corrected chi connectivity index (χ4v) is 2.44. The molecular weight excluding hydrogens is 295 g/mol. The first-order chi connectivity index (χ1) is 10.9. The molecule has 0 aliphatic heterocycles. The maximum atomic E-state index is 13.9. The standard InChI is InChI=1S/C17H23FN4O/c1-13(10-22-9-8-19-12-22)21-16(23)20-11-17(2,3)14-6-4-5-7-15(14)18/h4-9,12-13H,10-11H2,1-3H3,(H2,20,21,23)/t13-/m1/s1. The van der Waals surface area contributed by atoms with E-state index in [1.54, 1.807) is 30.7 Å². The Morgan fingerprint density at radius 1 is 1.39 bits per heavy atom. The molecule has 2 aromatic rings. The molecule has 0 unspecified atom stereocenters. The van der Waals surface area contributed by atoms with E-state index >= 15 is 0 Å². The molecule has 23 heavy (non-hydrogen) atoms. The maximum Gasteiger partial charge on any atom is 0.315 e. The molecule has 0 bridgehead atoms. The van der Waals surface area contributed by atoms with Gasteiger partial charge in [-0.15, -0.1) is 0 Å². The lowest BCUT2D eigenvalue weighted by Gasteiger charge is -2.26. The second-order valence-corrected chi connectivity index (χ2v) is 6.35. The monoisotopic (exact) mass is 318 g/mol. The minimum atomic E-state index is -0.490. The normalized spacial score (nSPS) is 12.7. The molecule has 1 aromatic carbocycles. The van der Waals surface area contributed by atoms with Crippen LogP contribution in [0.1, 0.15) is 26.3 Å². The van der Waals surface area contributed by atoms with Crippen LogP contribution in [0.15, 0.2) is 43.0 Å². The number of urea groups is 1. The van der Waals surface area contributed by atoms with Gasteiger partial charge in [0.2, 0.25) is 0 Å². The van der Waals surface area contributed by atoms with Crippen molar-refractivity contribution in [3.8, 4) is 0 Å². The van der Waals surface area contributed by atoms with Crippen LogP contribution < -0.4 is 10.6 Å². The highest BCUT2D eigenvalue weighted by atomic mass is 19.1. The number of nitrogens with zero attached hydrogens (tertiary/aromatic N) is 2. The van der Waals surface area contributed by atoms with Crippen LogP contribution in [0.5, 0.6) is 0 Å². The molecule has 2 N–H and O–H groups in total. The average molecular weight is 318 g/mol. The van der Waals surface area contributed by atoms with Crippen molar-refractivity contribution in [3.63, 3.8) is 0 Å². The zero-order chi connectivity index (χ0) is 16.9. The Morgan fingerprint density at radius 3 is 2.78 bits per heavy atom. The zero-order valence-electron chi connectivity index (χ0n) is 13.7. The molecule has 1 atom stereocenters. The Bertz CT molecular complexity index is 640. The lowest BCUT2D eigenvalue weighted by Crippen LogP contribution is -2.46. The average Bonchev–Trinajstić information content (AvgIpc) is 2.98. The van der Waals surface area contributed by atoms with Crippen LogP contribution in [0.2, 0.25) is 0 Å². The van der Waals surface area contributed by atoms with Crippen molar-refractivity contribution in [2.24, 2.45) is 0 Å².